The Morgan fingerprint density at radius 3 is 2.11 bits per heavy atom. The van der Waals surface area contributed by atoms with Gasteiger partial charge in [-0.15, -0.1) is 0 Å². The molecule has 0 aromatic heterocycles. The van der Waals surface area contributed by atoms with Gasteiger partial charge in [0.15, 0.2) is 0 Å². The van der Waals surface area contributed by atoms with Crippen LogP contribution in [0.1, 0.15) is 89.5 Å². The molecule has 1 aromatic carbocycles. The number of unbranched alkanes of at least 4 members (excludes halogenated alkanes) is 2. The Hall–Kier alpha value is -3.10. The number of nitrogens with zero attached hydrogens (tertiary/aromatic N) is 1. The number of rotatable bonds is 13. The van der Waals surface area contributed by atoms with Gasteiger partial charge in [-0.1, -0.05) is 56.0 Å². The van der Waals surface area contributed by atoms with Crippen LogP contribution < -0.4 is 16.4 Å². The number of ether oxygens (including phenoxy) is 1. The molecule has 1 aromatic rings. The largest absolute Gasteiger partial charge is 0.444 e. The summed E-state index contributed by atoms with van der Waals surface area (Å²) in [5, 5.41) is 5.45. The average molecular weight is 505 g/mol. The van der Waals surface area contributed by atoms with Crippen LogP contribution in [0.15, 0.2) is 18.2 Å². The first kappa shape index (κ1) is 30.9. The van der Waals surface area contributed by atoms with Crippen molar-refractivity contribution in [3.8, 4) is 0 Å². The predicted octanol–water partition coefficient (Wildman–Crippen LogP) is 3.66. The van der Waals surface area contributed by atoms with E-state index in [9.17, 15) is 19.2 Å². The number of carbonyl (C=O) groups is 4. The van der Waals surface area contributed by atoms with Crippen LogP contribution in [0.4, 0.5) is 4.79 Å². The quantitative estimate of drug-likeness (QED) is 0.353. The van der Waals surface area contributed by atoms with Crippen LogP contribution in [0.5, 0.6) is 0 Å². The number of primary amides is 1. The van der Waals surface area contributed by atoms with Crippen molar-refractivity contribution in [2.24, 2.45) is 5.73 Å². The third-order valence-electron chi connectivity index (χ3n) is 5.34. The number of alkyl carbamates (subject to hydrolysis) is 1. The van der Waals surface area contributed by atoms with Crippen molar-refractivity contribution in [1.29, 1.82) is 0 Å². The smallest absolute Gasteiger partial charge is 0.408 e. The Labute approximate surface area is 215 Å². The van der Waals surface area contributed by atoms with Gasteiger partial charge in [0.25, 0.3) is 0 Å². The van der Waals surface area contributed by atoms with Gasteiger partial charge in [0.05, 0.1) is 6.42 Å². The SMILES string of the molecule is CCCCCNC(=O)C(c1cc(C)cc(C)c1)N(CCC)C(=O)C(CC(N)=O)NC(=O)OC(C)(C)C. The summed E-state index contributed by atoms with van der Waals surface area (Å²) in [5.41, 5.74) is 7.19. The highest BCUT2D eigenvalue weighted by molar-refractivity contribution is 5.94. The highest BCUT2D eigenvalue weighted by Crippen LogP contribution is 2.25. The number of amides is 4. The molecule has 2 atom stereocenters. The summed E-state index contributed by atoms with van der Waals surface area (Å²) in [6.07, 6.45) is 2.12. The molecule has 0 radical (unpaired) electrons. The lowest BCUT2D eigenvalue weighted by Crippen LogP contribution is -2.54. The minimum atomic E-state index is -1.27. The van der Waals surface area contributed by atoms with Crippen molar-refractivity contribution in [1.82, 2.24) is 15.5 Å². The van der Waals surface area contributed by atoms with Gasteiger partial charge in [0.2, 0.25) is 17.7 Å². The van der Waals surface area contributed by atoms with Gasteiger partial charge >= 0.3 is 6.09 Å². The Balaban J connectivity index is 3.43. The van der Waals surface area contributed by atoms with Crippen molar-refractivity contribution in [2.75, 3.05) is 13.1 Å². The summed E-state index contributed by atoms with van der Waals surface area (Å²) >= 11 is 0. The van der Waals surface area contributed by atoms with Gasteiger partial charge in [0.1, 0.15) is 17.7 Å². The minimum absolute atomic E-state index is 0.240. The van der Waals surface area contributed by atoms with Crippen molar-refractivity contribution in [2.45, 2.75) is 98.3 Å². The number of benzene rings is 1. The van der Waals surface area contributed by atoms with Gasteiger partial charge in [0, 0.05) is 13.1 Å². The molecule has 0 bridgehead atoms. The van der Waals surface area contributed by atoms with Crippen molar-refractivity contribution >= 4 is 23.8 Å². The number of hydrogen-bond donors (Lipinski definition) is 3. The summed E-state index contributed by atoms with van der Waals surface area (Å²) < 4.78 is 5.29. The highest BCUT2D eigenvalue weighted by atomic mass is 16.6. The van der Waals surface area contributed by atoms with E-state index in [1.54, 1.807) is 20.8 Å². The van der Waals surface area contributed by atoms with E-state index in [1.165, 1.54) is 4.90 Å². The first-order chi connectivity index (χ1) is 16.8. The lowest BCUT2D eigenvalue weighted by molar-refractivity contribution is -0.143. The van der Waals surface area contributed by atoms with Crippen LogP contribution in [-0.4, -0.2) is 53.4 Å². The van der Waals surface area contributed by atoms with Crippen molar-refractivity contribution < 1.29 is 23.9 Å². The minimum Gasteiger partial charge on any atom is -0.444 e. The molecule has 0 spiro atoms. The molecular formula is C27H44N4O5. The van der Waals surface area contributed by atoms with Crippen LogP contribution in [0.25, 0.3) is 0 Å². The first-order valence-electron chi connectivity index (χ1n) is 12.7. The van der Waals surface area contributed by atoms with Gasteiger partial charge in [-0.25, -0.2) is 4.79 Å². The molecule has 0 heterocycles. The lowest BCUT2D eigenvalue weighted by Gasteiger charge is -2.34. The third kappa shape index (κ3) is 10.7. The van der Waals surface area contributed by atoms with Gasteiger partial charge in [-0.3, -0.25) is 14.4 Å². The Kier molecular flexibility index (Phi) is 12.4. The molecule has 4 amide bonds. The fourth-order valence-electron chi connectivity index (χ4n) is 3.98. The Morgan fingerprint density at radius 1 is 1.00 bits per heavy atom. The molecule has 1 rings (SSSR count). The number of hydrogen-bond acceptors (Lipinski definition) is 5. The molecule has 9 nitrogen and oxygen atoms in total. The van der Waals surface area contributed by atoms with Crippen LogP contribution in [-0.2, 0) is 19.1 Å². The molecule has 0 aliphatic carbocycles. The number of carbonyl (C=O) groups excluding carboxylic acids is 4. The number of nitrogens with two attached hydrogens (primary N) is 1. The second-order valence-corrected chi connectivity index (χ2v) is 10.2. The van der Waals surface area contributed by atoms with Gasteiger partial charge < -0.3 is 26.0 Å². The van der Waals surface area contributed by atoms with Crippen molar-refractivity contribution in [3.63, 3.8) is 0 Å². The predicted molar refractivity (Wildman–Crippen MR) is 140 cm³/mol. The zero-order chi connectivity index (χ0) is 27.5. The second kappa shape index (κ2) is 14.5. The maximum atomic E-state index is 13.8. The Bertz CT molecular complexity index is 890. The van der Waals surface area contributed by atoms with Crippen LogP contribution in [0.2, 0.25) is 0 Å². The molecule has 0 saturated carbocycles. The topological polar surface area (TPSA) is 131 Å². The second-order valence-electron chi connectivity index (χ2n) is 10.2. The summed E-state index contributed by atoms with van der Waals surface area (Å²) in [7, 11) is 0. The molecule has 36 heavy (non-hydrogen) atoms. The van der Waals surface area contributed by atoms with E-state index in [2.05, 4.69) is 17.6 Å². The number of nitrogens with one attached hydrogen (secondary N) is 2. The lowest BCUT2D eigenvalue weighted by atomic mass is 9.98. The zero-order valence-corrected chi connectivity index (χ0v) is 22.9. The first-order valence-corrected chi connectivity index (χ1v) is 12.7. The molecule has 0 fully saturated rings. The molecule has 0 aliphatic rings. The zero-order valence-electron chi connectivity index (χ0n) is 22.9. The maximum Gasteiger partial charge on any atom is 0.408 e. The maximum absolute atomic E-state index is 13.8. The van der Waals surface area contributed by atoms with E-state index < -0.39 is 42.0 Å². The summed E-state index contributed by atoms with van der Waals surface area (Å²) in [5.74, 6) is -1.64. The molecular weight excluding hydrogens is 460 g/mol. The van der Waals surface area contributed by atoms with Gasteiger partial charge in [-0.05, 0) is 53.0 Å². The molecule has 9 heteroatoms. The van der Waals surface area contributed by atoms with E-state index in [0.29, 0.717) is 18.5 Å². The van der Waals surface area contributed by atoms with E-state index >= 15 is 0 Å². The van der Waals surface area contributed by atoms with E-state index in [1.807, 2.05) is 39.0 Å². The monoisotopic (exact) mass is 504 g/mol. The van der Waals surface area contributed by atoms with E-state index in [4.69, 9.17) is 10.5 Å². The van der Waals surface area contributed by atoms with Gasteiger partial charge in [-0.2, -0.15) is 0 Å². The van der Waals surface area contributed by atoms with Crippen LogP contribution >= 0.6 is 0 Å². The standard InChI is InChI=1S/C27H44N4O5/c1-8-10-11-12-29-24(33)23(20-15-18(3)14-19(4)16-20)31(13-9-2)25(34)21(17-22(28)32)30-26(35)36-27(5,6)7/h14-16,21,23H,8-13,17H2,1-7H3,(H2,28,32)(H,29,33)(H,30,35). The molecule has 0 aliphatic heterocycles. The van der Waals surface area contributed by atoms with Crippen LogP contribution in [0.3, 0.4) is 0 Å². The molecule has 202 valence electrons. The summed E-state index contributed by atoms with van der Waals surface area (Å²) in [4.78, 5) is 53.0. The average Bonchev–Trinajstić information content (AvgIpc) is 2.73. The third-order valence-corrected chi connectivity index (χ3v) is 5.34. The van der Waals surface area contributed by atoms with E-state index in [0.717, 1.165) is 30.4 Å². The fourth-order valence-corrected chi connectivity index (χ4v) is 3.98. The Morgan fingerprint density at radius 2 is 1.61 bits per heavy atom. The molecule has 2 unspecified atom stereocenters. The highest BCUT2D eigenvalue weighted by Gasteiger charge is 2.36. The van der Waals surface area contributed by atoms with E-state index in [-0.39, 0.29) is 12.5 Å². The molecule has 0 saturated heterocycles. The summed E-state index contributed by atoms with van der Waals surface area (Å²) in [6.45, 7) is 13.6. The van der Waals surface area contributed by atoms with Crippen LogP contribution in [0, 0.1) is 13.8 Å². The normalized spacial score (nSPS) is 12.9. The number of aryl methyl sites for hydroxylation is 2. The fraction of sp³-hybridized carbons (Fsp3) is 0.630. The molecule has 4 N–H and O–H groups in total. The summed E-state index contributed by atoms with van der Waals surface area (Å²) in [6, 6.07) is 3.54. The van der Waals surface area contributed by atoms with Crippen molar-refractivity contribution in [3.05, 3.63) is 34.9 Å².